The van der Waals surface area contributed by atoms with Crippen LogP contribution in [-0.4, -0.2) is 4.57 Å². The number of para-hydroxylation sites is 2. The molecule has 0 N–H and O–H groups in total. The summed E-state index contributed by atoms with van der Waals surface area (Å²) >= 11 is 1.89. The summed E-state index contributed by atoms with van der Waals surface area (Å²) < 4.78 is 5.00. The van der Waals surface area contributed by atoms with E-state index < -0.39 is 0 Å². The van der Waals surface area contributed by atoms with Crippen molar-refractivity contribution < 1.29 is 0 Å². The highest BCUT2D eigenvalue weighted by Gasteiger charge is 2.23. The molecule has 0 spiro atoms. The molecule has 0 fully saturated rings. The summed E-state index contributed by atoms with van der Waals surface area (Å²) in [6, 6.07) is 70.9. The molecule has 3 heteroatoms. The van der Waals surface area contributed by atoms with E-state index in [2.05, 4.69) is 204 Å². The number of hydrogen-bond acceptors (Lipinski definition) is 2. The van der Waals surface area contributed by atoms with Crippen LogP contribution in [0.25, 0.3) is 80.3 Å². The van der Waals surface area contributed by atoms with Crippen molar-refractivity contribution in [3.05, 3.63) is 194 Å². The Balaban J connectivity index is 1.23. The second kappa shape index (κ2) is 11.9. The number of fused-ring (bicyclic) bond motifs is 9. The van der Waals surface area contributed by atoms with Gasteiger partial charge in [-0.3, -0.25) is 0 Å². The molecule has 2 heterocycles. The smallest absolute Gasteiger partial charge is 0.0555 e. The summed E-state index contributed by atoms with van der Waals surface area (Å²) in [5, 5.41) is 10.1. The van der Waals surface area contributed by atoms with E-state index in [-0.39, 0.29) is 0 Å². The van der Waals surface area contributed by atoms with Gasteiger partial charge in [-0.05, 0) is 81.9 Å². The monoisotopic (exact) mass is 692 g/mol. The van der Waals surface area contributed by atoms with Crippen molar-refractivity contribution in [1.29, 1.82) is 0 Å². The summed E-state index contributed by atoms with van der Waals surface area (Å²) in [5.41, 5.74) is 9.45. The highest BCUT2D eigenvalue weighted by Crippen LogP contribution is 2.49. The Morgan fingerprint density at radius 2 is 1.11 bits per heavy atom. The number of rotatable bonds is 5. The molecule has 0 radical (unpaired) electrons. The zero-order valence-corrected chi connectivity index (χ0v) is 29.6. The van der Waals surface area contributed by atoms with Crippen molar-refractivity contribution in [2.75, 3.05) is 4.90 Å². The quantitative estimate of drug-likeness (QED) is 0.174. The molecule has 0 bridgehead atoms. The molecule has 0 aliphatic rings. The molecular weight excluding hydrogens is 661 g/mol. The van der Waals surface area contributed by atoms with Crippen LogP contribution in [0.5, 0.6) is 0 Å². The molecule has 2 nitrogen and oxygen atoms in total. The lowest BCUT2D eigenvalue weighted by Gasteiger charge is -2.28. The first-order valence-corrected chi connectivity index (χ1v) is 18.9. The lowest BCUT2D eigenvalue weighted by atomic mass is 9.96. The summed E-state index contributed by atoms with van der Waals surface area (Å²) in [4.78, 5) is 2.51. The van der Waals surface area contributed by atoms with Crippen molar-refractivity contribution in [3.63, 3.8) is 0 Å². The van der Waals surface area contributed by atoms with Gasteiger partial charge in [0.05, 0.1) is 22.4 Å². The number of benzene rings is 9. The number of anilines is 3. The van der Waals surface area contributed by atoms with Crippen molar-refractivity contribution >= 4 is 91.9 Å². The average molecular weight is 693 g/mol. The molecular formula is C50H32N2S. The van der Waals surface area contributed by atoms with Crippen molar-refractivity contribution in [2.24, 2.45) is 0 Å². The maximum absolute atomic E-state index is 2.51. The molecule has 0 saturated heterocycles. The van der Waals surface area contributed by atoms with Crippen molar-refractivity contribution in [1.82, 2.24) is 4.57 Å². The fraction of sp³-hybridized carbons (Fsp3) is 0. The molecule has 248 valence electrons. The molecule has 11 aromatic rings. The summed E-state index contributed by atoms with van der Waals surface area (Å²) in [6.07, 6.45) is 0. The highest BCUT2D eigenvalue weighted by molar-refractivity contribution is 7.26. The van der Waals surface area contributed by atoms with E-state index in [0.29, 0.717) is 0 Å². The number of aromatic nitrogens is 1. The topological polar surface area (TPSA) is 8.17 Å². The third kappa shape index (κ3) is 4.64. The third-order valence-corrected chi connectivity index (χ3v) is 12.0. The van der Waals surface area contributed by atoms with Gasteiger partial charge in [0.1, 0.15) is 0 Å². The minimum absolute atomic E-state index is 1.12. The maximum atomic E-state index is 2.51. The van der Waals surface area contributed by atoms with Gasteiger partial charge in [0.2, 0.25) is 0 Å². The number of nitrogens with zero attached hydrogens (tertiary/aromatic N) is 2. The van der Waals surface area contributed by atoms with Crippen LogP contribution in [0.1, 0.15) is 0 Å². The molecule has 0 aliphatic heterocycles. The largest absolute Gasteiger partial charge is 0.309 e. The lowest BCUT2D eigenvalue weighted by molar-refractivity contribution is 1.18. The van der Waals surface area contributed by atoms with Crippen LogP contribution >= 0.6 is 11.3 Å². The van der Waals surface area contributed by atoms with E-state index in [1.165, 1.54) is 80.3 Å². The van der Waals surface area contributed by atoms with Crippen LogP contribution < -0.4 is 4.90 Å². The first-order chi connectivity index (χ1) is 26.3. The molecule has 2 aromatic heterocycles. The Kier molecular flexibility index (Phi) is 6.76. The van der Waals surface area contributed by atoms with Crippen molar-refractivity contribution in [3.8, 4) is 16.8 Å². The van der Waals surface area contributed by atoms with E-state index in [1.807, 2.05) is 11.3 Å². The van der Waals surface area contributed by atoms with Crippen LogP contribution in [0.3, 0.4) is 0 Å². The number of hydrogen-bond donors (Lipinski definition) is 0. The fourth-order valence-electron chi connectivity index (χ4n) is 8.43. The zero-order valence-electron chi connectivity index (χ0n) is 28.8. The highest BCUT2D eigenvalue weighted by atomic mass is 32.1. The second-order valence-corrected chi connectivity index (χ2v) is 14.7. The van der Waals surface area contributed by atoms with Gasteiger partial charge in [0, 0.05) is 47.7 Å². The first-order valence-electron chi connectivity index (χ1n) is 18.1. The molecule has 11 rings (SSSR count). The Morgan fingerprint density at radius 3 is 1.96 bits per heavy atom. The van der Waals surface area contributed by atoms with Gasteiger partial charge in [0.25, 0.3) is 0 Å². The van der Waals surface area contributed by atoms with Gasteiger partial charge >= 0.3 is 0 Å². The predicted octanol–water partition coefficient (Wildman–Crippen LogP) is 14.6. The molecule has 0 aliphatic carbocycles. The Hall–Kier alpha value is -6.68. The first kappa shape index (κ1) is 30.0. The van der Waals surface area contributed by atoms with Gasteiger partial charge < -0.3 is 9.47 Å². The summed E-state index contributed by atoms with van der Waals surface area (Å²) in [7, 11) is 0. The molecule has 0 unspecified atom stereocenters. The van der Waals surface area contributed by atoms with Gasteiger partial charge in [-0.1, -0.05) is 140 Å². The Bertz CT molecular complexity index is 3170. The number of thiophene rings is 1. The minimum atomic E-state index is 1.12. The summed E-state index contributed by atoms with van der Waals surface area (Å²) in [6.45, 7) is 0. The molecule has 0 atom stereocenters. The zero-order chi connectivity index (χ0) is 34.9. The van der Waals surface area contributed by atoms with Gasteiger partial charge in [0.15, 0.2) is 0 Å². The third-order valence-electron chi connectivity index (χ3n) is 10.8. The van der Waals surface area contributed by atoms with Crippen LogP contribution in [0.2, 0.25) is 0 Å². The van der Waals surface area contributed by atoms with Crippen LogP contribution in [-0.2, 0) is 0 Å². The van der Waals surface area contributed by atoms with Crippen LogP contribution in [0, 0.1) is 0 Å². The molecule has 53 heavy (non-hydrogen) atoms. The summed E-state index contributed by atoms with van der Waals surface area (Å²) in [5.74, 6) is 0. The Morgan fingerprint density at radius 1 is 0.415 bits per heavy atom. The van der Waals surface area contributed by atoms with Gasteiger partial charge in [-0.25, -0.2) is 0 Å². The lowest BCUT2D eigenvalue weighted by Crippen LogP contribution is -2.11. The molecule has 9 aromatic carbocycles. The van der Waals surface area contributed by atoms with Crippen molar-refractivity contribution in [2.45, 2.75) is 0 Å². The van der Waals surface area contributed by atoms with Crippen LogP contribution in [0.15, 0.2) is 194 Å². The van der Waals surface area contributed by atoms with E-state index in [4.69, 9.17) is 0 Å². The molecule has 0 amide bonds. The Labute approximate surface area is 311 Å². The van der Waals surface area contributed by atoms with Crippen LogP contribution in [0.4, 0.5) is 17.1 Å². The fourth-order valence-corrected chi connectivity index (χ4v) is 9.69. The normalized spacial score (nSPS) is 11.8. The average Bonchev–Trinajstić information content (AvgIpc) is 3.78. The standard InChI is InChI=1S/C50H32N2S/c1-3-14-33(15-4-1)37-29-31-45(40-21-10-9-20-39(37)40)52(47-24-13-25-48-49(47)42-28-26-34-16-7-8-19-38(34)50(42)53-48)36-27-30-46-43(32-36)41-22-11-12-23-44(41)51(46)35-17-5-2-6-18-35/h1-32H. The predicted molar refractivity (Wildman–Crippen MR) is 229 cm³/mol. The SMILES string of the molecule is c1ccc(-c2ccc(N(c3ccc4c(c3)c3ccccc3n4-c3ccccc3)c3cccc4sc5c6ccccc6ccc5c34)c3ccccc23)cc1. The van der Waals surface area contributed by atoms with Gasteiger partial charge in [-0.15, -0.1) is 11.3 Å². The second-order valence-electron chi connectivity index (χ2n) is 13.7. The van der Waals surface area contributed by atoms with E-state index in [1.54, 1.807) is 0 Å². The van der Waals surface area contributed by atoms with E-state index in [0.717, 1.165) is 17.1 Å². The maximum Gasteiger partial charge on any atom is 0.0555 e. The molecule has 0 saturated carbocycles. The van der Waals surface area contributed by atoms with Gasteiger partial charge in [-0.2, -0.15) is 0 Å². The minimum Gasteiger partial charge on any atom is -0.309 e. The van der Waals surface area contributed by atoms with E-state index >= 15 is 0 Å². The van der Waals surface area contributed by atoms with E-state index in [9.17, 15) is 0 Å².